The molecule has 2 nitrogen and oxygen atoms in total. The predicted molar refractivity (Wildman–Crippen MR) is 81.3 cm³/mol. The SMILES string of the molecule is Cc1c(-c2csc[n+]2C)cccc1N1C=CC=CC1. The van der Waals surface area contributed by atoms with Crippen LogP contribution < -0.4 is 9.47 Å². The molecule has 1 aromatic carbocycles. The summed E-state index contributed by atoms with van der Waals surface area (Å²) in [5, 5.41) is 2.21. The van der Waals surface area contributed by atoms with Crippen molar-refractivity contribution in [1.29, 1.82) is 0 Å². The Balaban J connectivity index is 2.07. The molecular weight excluding hydrogens is 252 g/mol. The molecule has 2 heterocycles. The van der Waals surface area contributed by atoms with Crippen LogP contribution in [0.1, 0.15) is 5.56 Å². The molecule has 0 saturated carbocycles. The van der Waals surface area contributed by atoms with Crippen molar-refractivity contribution in [3.63, 3.8) is 0 Å². The average molecular weight is 269 g/mol. The van der Waals surface area contributed by atoms with Gasteiger partial charge in [0.05, 0.1) is 10.9 Å². The van der Waals surface area contributed by atoms with Crippen molar-refractivity contribution < 1.29 is 4.57 Å². The van der Waals surface area contributed by atoms with Crippen LogP contribution in [-0.2, 0) is 7.05 Å². The molecule has 1 aliphatic heterocycles. The molecule has 0 saturated heterocycles. The minimum atomic E-state index is 0.941. The van der Waals surface area contributed by atoms with E-state index in [1.165, 1.54) is 22.5 Å². The van der Waals surface area contributed by atoms with Crippen molar-refractivity contribution in [2.75, 3.05) is 11.4 Å². The second kappa shape index (κ2) is 5.02. The van der Waals surface area contributed by atoms with E-state index in [1.54, 1.807) is 11.3 Å². The van der Waals surface area contributed by atoms with Crippen LogP contribution in [-0.4, -0.2) is 6.54 Å². The number of nitrogens with zero attached hydrogens (tertiary/aromatic N) is 2. The van der Waals surface area contributed by atoms with Crippen LogP contribution in [0.15, 0.2) is 53.5 Å². The lowest BCUT2D eigenvalue weighted by atomic mass is 10.0. The molecule has 0 radical (unpaired) electrons. The van der Waals surface area contributed by atoms with Crippen molar-refractivity contribution in [2.45, 2.75) is 6.92 Å². The van der Waals surface area contributed by atoms with E-state index in [-0.39, 0.29) is 0 Å². The summed E-state index contributed by atoms with van der Waals surface area (Å²) in [5.41, 5.74) is 7.33. The summed E-state index contributed by atoms with van der Waals surface area (Å²) in [6.07, 6.45) is 8.49. The van der Waals surface area contributed by atoms with Gasteiger partial charge < -0.3 is 4.90 Å². The van der Waals surface area contributed by atoms with Gasteiger partial charge in [0.1, 0.15) is 7.05 Å². The molecule has 0 bridgehead atoms. The van der Waals surface area contributed by atoms with Crippen LogP contribution in [0.4, 0.5) is 5.69 Å². The smallest absolute Gasteiger partial charge is 0.224 e. The molecule has 2 aromatic rings. The highest BCUT2D eigenvalue weighted by Crippen LogP contribution is 2.30. The number of allylic oxidation sites excluding steroid dienone is 2. The third-order valence-corrected chi connectivity index (χ3v) is 4.28. The summed E-state index contributed by atoms with van der Waals surface area (Å²) in [5.74, 6) is 0. The summed E-state index contributed by atoms with van der Waals surface area (Å²) in [4.78, 5) is 2.28. The Labute approximate surface area is 117 Å². The molecular formula is C16H17N2S+. The van der Waals surface area contributed by atoms with Gasteiger partial charge in [-0.1, -0.05) is 29.6 Å². The van der Waals surface area contributed by atoms with E-state index in [2.05, 4.69) is 77.0 Å². The van der Waals surface area contributed by atoms with E-state index in [0.29, 0.717) is 0 Å². The van der Waals surface area contributed by atoms with E-state index in [1.807, 2.05) is 0 Å². The van der Waals surface area contributed by atoms with Gasteiger partial charge in [0.15, 0.2) is 0 Å². The Morgan fingerprint density at radius 2 is 2.16 bits per heavy atom. The largest absolute Gasteiger partial charge is 0.344 e. The molecule has 0 aliphatic carbocycles. The van der Waals surface area contributed by atoms with Gasteiger partial charge in [0, 0.05) is 18.4 Å². The van der Waals surface area contributed by atoms with Crippen molar-refractivity contribution in [1.82, 2.24) is 0 Å². The molecule has 3 rings (SSSR count). The Bertz CT molecular complexity index is 653. The topological polar surface area (TPSA) is 7.12 Å². The second-order valence-electron chi connectivity index (χ2n) is 4.73. The first-order valence-corrected chi connectivity index (χ1v) is 7.33. The van der Waals surface area contributed by atoms with Gasteiger partial charge in [-0.25, -0.2) is 0 Å². The van der Waals surface area contributed by atoms with Crippen LogP contribution in [0.5, 0.6) is 0 Å². The van der Waals surface area contributed by atoms with Crippen molar-refractivity contribution >= 4 is 17.0 Å². The zero-order valence-electron chi connectivity index (χ0n) is 11.2. The van der Waals surface area contributed by atoms with Gasteiger partial charge >= 0.3 is 0 Å². The summed E-state index contributed by atoms with van der Waals surface area (Å²) >= 11 is 1.74. The maximum Gasteiger partial charge on any atom is 0.224 e. The van der Waals surface area contributed by atoms with Crippen LogP contribution >= 0.6 is 11.3 Å². The van der Waals surface area contributed by atoms with E-state index in [0.717, 1.165) is 6.54 Å². The van der Waals surface area contributed by atoms with E-state index >= 15 is 0 Å². The number of thiazole rings is 1. The van der Waals surface area contributed by atoms with Crippen LogP contribution in [0, 0.1) is 6.92 Å². The number of hydrogen-bond donors (Lipinski definition) is 0. The molecule has 0 spiro atoms. The first-order valence-electron chi connectivity index (χ1n) is 6.39. The first kappa shape index (κ1) is 12.2. The van der Waals surface area contributed by atoms with E-state index in [9.17, 15) is 0 Å². The molecule has 0 amide bonds. The number of hydrogen-bond acceptors (Lipinski definition) is 2. The third-order valence-electron chi connectivity index (χ3n) is 3.48. The van der Waals surface area contributed by atoms with Crippen molar-refractivity contribution in [3.05, 3.63) is 59.1 Å². The Hall–Kier alpha value is -1.87. The molecule has 19 heavy (non-hydrogen) atoms. The van der Waals surface area contributed by atoms with Gasteiger partial charge in [-0.2, -0.15) is 4.57 Å². The molecule has 0 fully saturated rings. The lowest BCUT2D eigenvalue weighted by molar-refractivity contribution is -0.655. The number of benzene rings is 1. The van der Waals surface area contributed by atoms with Crippen LogP contribution in [0.25, 0.3) is 11.3 Å². The lowest BCUT2D eigenvalue weighted by Crippen LogP contribution is -2.27. The normalized spacial score (nSPS) is 14.1. The summed E-state index contributed by atoms with van der Waals surface area (Å²) in [7, 11) is 2.10. The molecule has 1 aliphatic rings. The zero-order valence-corrected chi connectivity index (χ0v) is 12.0. The zero-order chi connectivity index (χ0) is 13.2. The van der Waals surface area contributed by atoms with Crippen LogP contribution in [0.3, 0.4) is 0 Å². The van der Waals surface area contributed by atoms with E-state index < -0.39 is 0 Å². The summed E-state index contributed by atoms with van der Waals surface area (Å²) in [6.45, 7) is 3.14. The van der Waals surface area contributed by atoms with Crippen molar-refractivity contribution in [3.8, 4) is 11.3 Å². The summed E-state index contributed by atoms with van der Waals surface area (Å²) in [6, 6.07) is 6.53. The van der Waals surface area contributed by atoms with Gasteiger partial charge in [-0.05, 0) is 30.7 Å². The highest BCUT2D eigenvalue weighted by atomic mass is 32.1. The maximum absolute atomic E-state index is 2.28. The fourth-order valence-electron chi connectivity index (χ4n) is 2.44. The highest BCUT2D eigenvalue weighted by molar-refractivity contribution is 7.07. The molecule has 0 unspecified atom stereocenters. The predicted octanol–water partition coefficient (Wildman–Crippen LogP) is 3.44. The van der Waals surface area contributed by atoms with Crippen LogP contribution in [0.2, 0.25) is 0 Å². The Morgan fingerprint density at radius 3 is 2.84 bits per heavy atom. The van der Waals surface area contributed by atoms with Gasteiger partial charge in [0.25, 0.3) is 0 Å². The lowest BCUT2D eigenvalue weighted by Gasteiger charge is -2.23. The number of aromatic nitrogens is 1. The first-order chi connectivity index (χ1) is 9.27. The maximum atomic E-state index is 2.28. The monoisotopic (exact) mass is 269 g/mol. The van der Waals surface area contributed by atoms with E-state index in [4.69, 9.17) is 0 Å². The third kappa shape index (κ3) is 2.22. The van der Waals surface area contributed by atoms with Crippen molar-refractivity contribution in [2.24, 2.45) is 7.05 Å². The molecule has 96 valence electrons. The quantitative estimate of drug-likeness (QED) is 0.758. The van der Waals surface area contributed by atoms with Gasteiger partial charge in [0.2, 0.25) is 11.2 Å². The fourth-order valence-corrected chi connectivity index (χ4v) is 3.22. The molecule has 0 N–H and O–H groups in total. The minimum absolute atomic E-state index is 0.941. The minimum Gasteiger partial charge on any atom is -0.344 e. The fraction of sp³-hybridized carbons (Fsp3) is 0.188. The average Bonchev–Trinajstić information content (AvgIpc) is 2.86. The molecule has 3 heteroatoms. The van der Waals surface area contributed by atoms with Gasteiger partial charge in [-0.3, -0.25) is 0 Å². The standard InChI is InChI=1S/C16H17N2S/c1-13-14(16-11-19-12-17(16)2)7-6-8-15(13)18-9-4-3-5-10-18/h3-9,11-12H,10H2,1-2H3/q+1. The number of aryl methyl sites for hydroxylation is 1. The Morgan fingerprint density at radius 1 is 1.26 bits per heavy atom. The second-order valence-corrected chi connectivity index (χ2v) is 5.45. The Kier molecular flexibility index (Phi) is 3.22. The number of rotatable bonds is 2. The highest BCUT2D eigenvalue weighted by Gasteiger charge is 2.17. The number of anilines is 1. The molecule has 1 aromatic heterocycles. The summed E-state index contributed by atoms with van der Waals surface area (Å²) < 4.78 is 2.18. The molecule has 0 atom stereocenters. The van der Waals surface area contributed by atoms with Gasteiger partial charge in [-0.15, -0.1) is 0 Å².